The topological polar surface area (TPSA) is 77.5 Å². The Balaban J connectivity index is 0.00000126. The first-order valence-electron chi connectivity index (χ1n) is 11.2. The average Bonchev–Trinajstić information content (AvgIpc) is 3.53. The maximum Gasteiger partial charge on any atom is 0.414 e. The van der Waals surface area contributed by atoms with E-state index in [1.807, 2.05) is 80.4 Å². The molecule has 0 unspecified atom stereocenters. The molecule has 1 aromatic carbocycles. The van der Waals surface area contributed by atoms with E-state index in [1.165, 1.54) is 0 Å². The fourth-order valence-electron chi connectivity index (χ4n) is 3.74. The van der Waals surface area contributed by atoms with Gasteiger partial charge in [0.25, 0.3) is 0 Å². The van der Waals surface area contributed by atoms with E-state index in [1.54, 1.807) is 22.0 Å². The Morgan fingerprint density at radius 2 is 1.91 bits per heavy atom. The predicted molar refractivity (Wildman–Crippen MR) is 127 cm³/mol. The number of nitrogens with zero attached hydrogens (tertiary/aromatic N) is 6. The highest BCUT2D eigenvalue weighted by atomic mass is 16.6. The number of ether oxygens (including phenoxy) is 1. The second kappa shape index (κ2) is 10.1. The number of amides is 1. The molecule has 0 saturated carbocycles. The van der Waals surface area contributed by atoms with Gasteiger partial charge < -0.3 is 4.74 Å². The summed E-state index contributed by atoms with van der Waals surface area (Å²) in [5.41, 5.74) is 5.36. The fourth-order valence-corrected chi connectivity index (χ4v) is 3.74. The van der Waals surface area contributed by atoms with Crippen molar-refractivity contribution in [3.63, 3.8) is 0 Å². The summed E-state index contributed by atoms with van der Waals surface area (Å²) >= 11 is 0. The number of rotatable bonds is 4. The third-order valence-corrected chi connectivity index (χ3v) is 5.29. The fraction of sp³-hybridized carbons (Fsp3) is 0.280. The minimum atomic E-state index is -0.353. The molecule has 33 heavy (non-hydrogen) atoms. The molecule has 0 atom stereocenters. The van der Waals surface area contributed by atoms with Crippen LogP contribution in [-0.2, 0) is 18.4 Å². The number of allylic oxidation sites excluding steroid dienone is 1. The van der Waals surface area contributed by atoms with E-state index in [4.69, 9.17) is 9.72 Å². The van der Waals surface area contributed by atoms with Crippen LogP contribution in [0.2, 0.25) is 0 Å². The van der Waals surface area contributed by atoms with Gasteiger partial charge in [0, 0.05) is 31.6 Å². The summed E-state index contributed by atoms with van der Waals surface area (Å²) in [7, 11) is 1.87. The van der Waals surface area contributed by atoms with Crippen LogP contribution in [0.5, 0.6) is 0 Å². The second-order valence-electron chi connectivity index (χ2n) is 7.53. The van der Waals surface area contributed by atoms with Crippen molar-refractivity contribution in [2.24, 2.45) is 7.05 Å². The van der Waals surface area contributed by atoms with Crippen LogP contribution in [-0.4, -0.2) is 41.9 Å². The number of carbonyl (C=O) groups is 1. The molecule has 170 valence electrons. The zero-order chi connectivity index (χ0) is 23.2. The number of benzene rings is 1. The molecule has 8 nitrogen and oxygen atoms in total. The van der Waals surface area contributed by atoms with Crippen molar-refractivity contribution in [3.8, 4) is 11.3 Å². The molecular weight excluding hydrogens is 416 g/mol. The smallest absolute Gasteiger partial charge is 0.414 e. The molecule has 0 radical (unpaired) electrons. The van der Waals surface area contributed by atoms with Gasteiger partial charge in [-0.2, -0.15) is 10.2 Å². The molecule has 0 saturated heterocycles. The summed E-state index contributed by atoms with van der Waals surface area (Å²) in [6.45, 7) is 4.87. The second-order valence-corrected chi connectivity index (χ2v) is 7.53. The van der Waals surface area contributed by atoms with Gasteiger partial charge in [-0.15, -0.1) is 0 Å². The monoisotopic (exact) mass is 444 g/mol. The first-order chi connectivity index (χ1) is 16.2. The minimum absolute atomic E-state index is 0.251. The van der Waals surface area contributed by atoms with Crippen molar-refractivity contribution in [3.05, 3.63) is 78.6 Å². The number of hydrogen-bond acceptors (Lipinski definition) is 5. The van der Waals surface area contributed by atoms with Crippen molar-refractivity contribution in [2.45, 2.75) is 33.3 Å². The summed E-state index contributed by atoms with van der Waals surface area (Å²) in [6.07, 6.45) is 10.5. The average molecular weight is 445 g/mol. The molecule has 5 rings (SSSR count). The summed E-state index contributed by atoms with van der Waals surface area (Å²) in [5.74, 6) is 0. The van der Waals surface area contributed by atoms with Gasteiger partial charge in [-0.05, 0) is 30.0 Å². The van der Waals surface area contributed by atoms with Crippen LogP contribution in [0.3, 0.4) is 0 Å². The van der Waals surface area contributed by atoms with Crippen LogP contribution < -0.4 is 0 Å². The highest BCUT2D eigenvalue weighted by molar-refractivity contribution is 5.80. The Morgan fingerprint density at radius 1 is 1.09 bits per heavy atom. The molecule has 0 bridgehead atoms. The molecule has 0 aliphatic carbocycles. The number of aromatic nitrogens is 5. The molecule has 4 heterocycles. The van der Waals surface area contributed by atoms with E-state index in [-0.39, 0.29) is 12.7 Å². The molecule has 0 fully saturated rings. The quantitative estimate of drug-likeness (QED) is 0.446. The first-order valence-corrected chi connectivity index (χ1v) is 11.2. The van der Waals surface area contributed by atoms with Crippen LogP contribution in [0, 0.1) is 0 Å². The van der Waals surface area contributed by atoms with Gasteiger partial charge in [0.2, 0.25) is 0 Å². The van der Waals surface area contributed by atoms with Crippen molar-refractivity contribution in [1.29, 1.82) is 0 Å². The van der Waals surface area contributed by atoms with Crippen LogP contribution >= 0.6 is 0 Å². The zero-order valence-corrected chi connectivity index (χ0v) is 19.2. The van der Waals surface area contributed by atoms with Crippen molar-refractivity contribution >= 4 is 17.2 Å². The Bertz CT molecular complexity index is 1260. The van der Waals surface area contributed by atoms with Gasteiger partial charge in [0.1, 0.15) is 6.61 Å². The highest BCUT2D eigenvalue weighted by Gasteiger charge is 2.22. The van der Waals surface area contributed by atoms with Gasteiger partial charge in [-0.25, -0.2) is 14.3 Å². The predicted octanol–water partition coefficient (Wildman–Crippen LogP) is 4.93. The number of carbonyl (C=O) groups excluding carboxylic acids is 1. The SMILES string of the molecule is CC.Cn1cc(-c2cn3nccc3c(C3=CN(C(=O)OCc4ccccc4)CCC3)n2)cn1. The normalized spacial score (nSPS) is 13.3. The molecule has 3 aromatic heterocycles. The summed E-state index contributed by atoms with van der Waals surface area (Å²) in [6, 6.07) is 11.6. The Kier molecular flexibility index (Phi) is 6.83. The molecule has 0 spiro atoms. The molecule has 0 N–H and O–H groups in total. The lowest BCUT2D eigenvalue weighted by Crippen LogP contribution is -2.30. The van der Waals surface area contributed by atoms with Crippen LogP contribution in [0.1, 0.15) is 37.9 Å². The van der Waals surface area contributed by atoms with Gasteiger partial charge in [0.05, 0.1) is 35.5 Å². The Hall–Kier alpha value is -3.94. The highest BCUT2D eigenvalue weighted by Crippen LogP contribution is 2.29. The van der Waals surface area contributed by atoms with E-state index in [2.05, 4.69) is 10.2 Å². The maximum atomic E-state index is 12.7. The van der Waals surface area contributed by atoms with E-state index in [0.29, 0.717) is 6.54 Å². The lowest BCUT2D eigenvalue weighted by Gasteiger charge is -2.24. The van der Waals surface area contributed by atoms with Gasteiger partial charge in [0.15, 0.2) is 0 Å². The molecule has 4 aromatic rings. The Morgan fingerprint density at radius 3 is 2.67 bits per heavy atom. The third kappa shape index (κ3) is 4.95. The molecule has 1 aliphatic rings. The molecule has 8 heteroatoms. The lowest BCUT2D eigenvalue weighted by molar-refractivity contribution is 0.109. The van der Waals surface area contributed by atoms with E-state index in [0.717, 1.165) is 46.4 Å². The molecule has 1 amide bonds. The maximum absolute atomic E-state index is 12.7. The van der Waals surface area contributed by atoms with Crippen LogP contribution in [0.25, 0.3) is 22.3 Å². The number of fused-ring (bicyclic) bond motifs is 1. The number of aryl methyl sites for hydroxylation is 1. The van der Waals surface area contributed by atoms with Gasteiger partial charge >= 0.3 is 6.09 Å². The third-order valence-electron chi connectivity index (χ3n) is 5.29. The molecule has 1 aliphatic heterocycles. The van der Waals surface area contributed by atoms with Gasteiger partial charge in [-0.1, -0.05) is 44.2 Å². The van der Waals surface area contributed by atoms with E-state index >= 15 is 0 Å². The molecular formula is C25H28N6O2. The van der Waals surface area contributed by atoms with Crippen LogP contribution in [0.15, 0.2) is 67.4 Å². The van der Waals surface area contributed by atoms with E-state index < -0.39 is 0 Å². The van der Waals surface area contributed by atoms with Crippen molar-refractivity contribution in [1.82, 2.24) is 29.3 Å². The van der Waals surface area contributed by atoms with E-state index in [9.17, 15) is 4.79 Å². The largest absolute Gasteiger partial charge is 0.444 e. The van der Waals surface area contributed by atoms with Crippen molar-refractivity contribution in [2.75, 3.05) is 6.54 Å². The van der Waals surface area contributed by atoms with Crippen molar-refractivity contribution < 1.29 is 9.53 Å². The summed E-state index contributed by atoms with van der Waals surface area (Å²) < 4.78 is 9.08. The minimum Gasteiger partial charge on any atom is -0.444 e. The van der Waals surface area contributed by atoms with Crippen LogP contribution in [0.4, 0.5) is 4.79 Å². The standard InChI is InChI=1S/C23H22N6O2.C2H6/c1-27-13-19(12-25-27)20-15-29-21(9-10-24-29)22(26-20)18-8-5-11-28(14-18)23(30)31-16-17-6-3-2-4-7-17;1-2/h2-4,6-7,9-10,12-15H,5,8,11,16H2,1H3;1-2H3. The lowest BCUT2D eigenvalue weighted by atomic mass is 10.0. The Labute approximate surface area is 193 Å². The summed E-state index contributed by atoms with van der Waals surface area (Å²) in [5, 5.41) is 8.65. The summed E-state index contributed by atoms with van der Waals surface area (Å²) in [4.78, 5) is 19.2. The number of hydrogen-bond donors (Lipinski definition) is 0. The zero-order valence-electron chi connectivity index (χ0n) is 19.2. The first kappa shape index (κ1) is 22.3. The van der Waals surface area contributed by atoms with Gasteiger partial charge in [-0.3, -0.25) is 9.58 Å².